The van der Waals surface area contributed by atoms with E-state index in [1.807, 2.05) is 25.1 Å². The number of nitrogens with two attached hydrogens (primary N) is 1. The van der Waals surface area contributed by atoms with Gasteiger partial charge in [0.15, 0.2) is 11.5 Å². The summed E-state index contributed by atoms with van der Waals surface area (Å²) >= 11 is 1.73. The molecule has 1 aromatic heterocycles. The van der Waals surface area contributed by atoms with Gasteiger partial charge in [-0.1, -0.05) is 12.1 Å². The Morgan fingerprint density at radius 3 is 2.84 bits per heavy atom. The minimum atomic E-state index is 0.186. The van der Waals surface area contributed by atoms with Gasteiger partial charge in [-0.05, 0) is 42.5 Å². The van der Waals surface area contributed by atoms with Gasteiger partial charge in [0.1, 0.15) is 0 Å². The average Bonchev–Trinajstić information content (AvgIpc) is 2.93. The smallest absolute Gasteiger partial charge is 0.161 e. The van der Waals surface area contributed by atoms with E-state index in [1.165, 1.54) is 4.88 Å². The van der Waals surface area contributed by atoms with Crippen molar-refractivity contribution < 1.29 is 9.84 Å². The van der Waals surface area contributed by atoms with E-state index in [-0.39, 0.29) is 5.75 Å². The lowest BCUT2D eigenvalue weighted by atomic mass is 9.97. The van der Waals surface area contributed by atoms with Crippen LogP contribution in [0.4, 0.5) is 0 Å². The molecule has 0 amide bonds. The minimum absolute atomic E-state index is 0.186. The molecule has 3 nitrogen and oxygen atoms in total. The third-order valence-corrected chi connectivity index (χ3v) is 4.07. The molecule has 0 aliphatic carbocycles. The molecule has 0 saturated carbocycles. The molecule has 0 spiro atoms. The number of phenolic OH excluding ortho intramolecular Hbond substituents is 1. The number of rotatable bonds is 6. The van der Waals surface area contributed by atoms with Gasteiger partial charge in [0, 0.05) is 17.3 Å². The molecule has 3 N–H and O–H groups in total. The zero-order valence-electron chi connectivity index (χ0n) is 11.0. The summed E-state index contributed by atoms with van der Waals surface area (Å²) in [4.78, 5) is 1.30. The Bertz CT molecular complexity index is 511. The van der Waals surface area contributed by atoms with E-state index in [0.29, 0.717) is 24.8 Å². The Labute approximate surface area is 117 Å². The molecule has 0 aliphatic rings. The lowest BCUT2D eigenvalue weighted by Gasteiger charge is -2.14. The number of thiophene rings is 1. The van der Waals surface area contributed by atoms with E-state index in [0.717, 1.165) is 12.0 Å². The number of phenols is 1. The van der Waals surface area contributed by atoms with Gasteiger partial charge in [0.05, 0.1) is 6.61 Å². The molecule has 1 atom stereocenters. The fourth-order valence-corrected chi connectivity index (χ4v) is 2.91. The van der Waals surface area contributed by atoms with Crippen LogP contribution >= 0.6 is 11.3 Å². The van der Waals surface area contributed by atoms with Crippen LogP contribution in [-0.4, -0.2) is 18.3 Å². The predicted molar refractivity (Wildman–Crippen MR) is 79.1 cm³/mol. The summed E-state index contributed by atoms with van der Waals surface area (Å²) in [5, 5.41) is 11.8. The Hall–Kier alpha value is -1.52. The highest BCUT2D eigenvalue weighted by Crippen LogP contribution is 2.30. The second kappa shape index (κ2) is 6.59. The lowest BCUT2D eigenvalue weighted by molar-refractivity contribution is 0.317. The van der Waals surface area contributed by atoms with Crippen LogP contribution in [0.2, 0.25) is 0 Å². The number of aromatic hydroxyl groups is 1. The number of hydrogen-bond donors (Lipinski definition) is 2. The van der Waals surface area contributed by atoms with E-state index in [9.17, 15) is 5.11 Å². The van der Waals surface area contributed by atoms with Crippen molar-refractivity contribution in [2.24, 2.45) is 5.73 Å². The molecule has 0 aliphatic heterocycles. The fourth-order valence-electron chi connectivity index (χ4n) is 2.06. The van der Waals surface area contributed by atoms with Gasteiger partial charge in [-0.2, -0.15) is 0 Å². The molecule has 0 bridgehead atoms. The highest BCUT2D eigenvalue weighted by molar-refractivity contribution is 7.10. The van der Waals surface area contributed by atoms with Crippen LogP contribution in [0.3, 0.4) is 0 Å². The van der Waals surface area contributed by atoms with Gasteiger partial charge in [-0.25, -0.2) is 0 Å². The Balaban J connectivity index is 2.15. The zero-order valence-corrected chi connectivity index (χ0v) is 11.8. The van der Waals surface area contributed by atoms with Crippen LogP contribution < -0.4 is 10.5 Å². The van der Waals surface area contributed by atoms with Crippen molar-refractivity contribution in [3.8, 4) is 11.5 Å². The maximum absolute atomic E-state index is 9.69. The van der Waals surface area contributed by atoms with Gasteiger partial charge in [0.25, 0.3) is 0 Å². The molecule has 102 valence electrons. The quantitative estimate of drug-likeness (QED) is 0.853. The van der Waals surface area contributed by atoms with Crippen molar-refractivity contribution in [2.45, 2.75) is 19.3 Å². The largest absolute Gasteiger partial charge is 0.504 e. The third kappa shape index (κ3) is 3.49. The van der Waals surface area contributed by atoms with Gasteiger partial charge >= 0.3 is 0 Å². The van der Waals surface area contributed by atoms with Gasteiger partial charge in [0.2, 0.25) is 0 Å². The Morgan fingerprint density at radius 2 is 2.21 bits per heavy atom. The molecule has 0 saturated heterocycles. The molecule has 2 aromatic rings. The SMILES string of the molecule is CCOc1cc(CC(CN)c2cccs2)ccc1O. The molecule has 1 heterocycles. The van der Waals surface area contributed by atoms with Gasteiger partial charge in [-0.3, -0.25) is 0 Å². The molecule has 0 fully saturated rings. The van der Waals surface area contributed by atoms with Crippen molar-refractivity contribution in [3.63, 3.8) is 0 Å². The standard InChI is InChI=1S/C15H19NO2S/c1-2-18-14-9-11(5-6-13(14)17)8-12(10-16)15-4-3-7-19-15/h3-7,9,12,17H,2,8,10,16H2,1H3. The number of benzene rings is 1. The molecule has 1 aromatic carbocycles. The topological polar surface area (TPSA) is 55.5 Å². The predicted octanol–water partition coefficient (Wildman–Crippen LogP) is 3.14. The number of hydrogen-bond acceptors (Lipinski definition) is 4. The molecule has 0 radical (unpaired) electrons. The monoisotopic (exact) mass is 277 g/mol. The summed E-state index contributed by atoms with van der Waals surface area (Å²) in [7, 11) is 0. The first kappa shape index (κ1) is 13.9. The third-order valence-electron chi connectivity index (χ3n) is 3.04. The fraction of sp³-hybridized carbons (Fsp3) is 0.333. The molecule has 4 heteroatoms. The minimum Gasteiger partial charge on any atom is -0.504 e. The van der Waals surface area contributed by atoms with Crippen LogP contribution in [0.5, 0.6) is 11.5 Å². The second-order valence-electron chi connectivity index (χ2n) is 4.39. The summed E-state index contributed by atoms with van der Waals surface area (Å²) in [6.07, 6.45) is 0.858. The van der Waals surface area contributed by atoms with E-state index >= 15 is 0 Å². The molecule has 1 unspecified atom stereocenters. The van der Waals surface area contributed by atoms with Crippen LogP contribution in [0.1, 0.15) is 23.3 Å². The number of ether oxygens (including phenoxy) is 1. The molecule has 19 heavy (non-hydrogen) atoms. The molecule has 2 rings (SSSR count). The first-order chi connectivity index (χ1) is 9.24. The van der Waals surface area contributed by atoms with E-state index in [1.54, 1.807) is 17.4 Å². The van der Waals surface area contributed by atoms with Crippen LogP contribution in [0, 0.1) is 0 Å². The molecular weight excluding hydrogens is 258 g/mol. The summed E-state index contributed by atoms with van der Waals surface area (Å²) < 4.78 is 5.40. The van der Waals surface area contributed by atoms with Crippen molar-refractivity contribution >= 4 is 11.3 Å². The van der Waals surface area contributed by atoms with Crippen molar-refractivity contribution in [3.05, 3.63) is 46.2 Å². The van der Waals surface area contributed by atoms with Crippen LogP contribution in [0.15, 0.2) is 35.7 Å². The Morgan fingerprint density at radius 1 is 1.37 bits per heavy atom. The highest BCUT2D eigenvalue weighted by Gasteiger charge is 2.13. The first-order valence-electron chi connectivity index (χ1n) is 6.42. The van der Waals surface area contributed by atoms with E-state index < -0.39 is 0 Å². The summed E-state index contributed by atoms with van der Waals surface area (Å²) in [5.41, 5.74) is 6.99. The molecular formula is C15H19NO2S. The summed E-state index contributed by atoms with van der Waals surface area (Å²) in [6, 6.07) is 9.67. The maximum atomic E-state index is 9.69. The van der Waals surface area contributed by atoms with Gasteiger partial charge in [-0.15, -0.1) is 11.3 Å². The maximum Gasteiger partial charge on any atom is 0.161 e. The van der Waals surface area contributed by atoms with Crippen molar-refractivity contribution in [1.82, 2.24) is 0 Å². The normalized spacial score (nSPS) is 12.3. The van der Waals surface area contributed by atoms with Crippen molar-refractivity contribution in [2.75, 3.05) is 13.2 Å². The van der Waals surface area contributed by atoms with Crippen molar-refractivity contribution in [1.29, 1.82) is 0 Å². The summed E-state index contributed by atoms with van der Waals surface area (Å²) in [5.74, 6) is 1.05. The zero-order chi connectivity index (χ0) is 13.7. The highest BCUT2D eigenvalue weighted by atomic mass is 32.1. The summed E-state index contributed by atoms with van der Waals surface area (Å²) in [6.45, 7) is 3.06. The Kier molecular flexibility index (Phi) is 4.82. The lowest BCUT2D eigenvalue weighted by Crippen LogP contribution is -2.13. The second-order valence-corrected chi connectivity index (χ2v) is 5.37. The van der Waals surface area contributed by atoms with Crippen LogP contribution in [0.25, 0.3) is 0 Å². The van der Waals surface area contributed by atoms with Gasteiger partial charge < -0.3 is 15.6 Å². The average molecular weight is 277 g/mol. The first-order valence-corrected chi connectivity index (χ1v) is 7.30. The van der Waals surface area contributed by atoms with E-state index in [4.69, 9.17) is 10.5 Å². The van der Waals surface area contributed by atoms with Crippen LogP contribution in [-0.2, 0) is 6.42 Å². The van der Waals surface area contributed by atoms with E-state index in [2.05, 4.69) is 11.4 Å².